The zero-order valence-corrected chi connectivity index (χ0v) is 14.5. The Labute approximate surface area is 129 Å². The summed E-state index contributed by atoms with van der Waals surface area (Å²) in [5.41, 5.74) is 9.51. The number of hydrogen-bond acceptors (Lipinski definition) is 2. The predicted octanol–water partition coefficient (Wildman–Crippen LogP) is 4.72. The van der Waals surface area contributed by atoms with Crippen LogP contribution in [-0.2, 0) is 16.4 Å². The van der Waals surface area contributed by atoms with Crippen molar-refractivity contribution >= 4 is 0 Å². The molecule has 1 aromatic rings. The van der Waals surface area contributed by atoms with E-state index in [0.717, 1.165) is 24.0 Å². The number of nitrogens with two attached hydrogens (primary N) is 1. The third kappa shape index (κ3) is 3.11. The number of rotatable bonds is 1. The molecule has 0 heterocycles. The molecule has 118 valence electrons. The largest absolute Gasteiger partial charge is 0.507 e. The Balaban J connectivity index is 2.68. The van der Waals surface area contributed by atoms with Gasteiger partial charge in [0.1, 0.15) is 5.75 Å². The SMILES string of the molecule is CC(C)(C)c1cc(C2(N)CCCC2)cc(C(C)(C)C)c1O. The summed E-state index contributed by atoms with van der Waals surface area (Å²) in [4.78, 5) is 0. The predicted molar refractivity (Wildman–Crippen MR) is 89.8 cm³/mol. The van der Waals surface area contributed by atoms with Crippen molar-refractivity contribution in [3.63, 3.8) is 0 Å². The van der Waals surface area contributed by atoms with Crippen LogP contribution in [0.3, 0.4) is 0 Å². The van der Waals surface area contributed by atoms with Gasteiger partial charge in [-0.05, 0) is 52.5 Å². The molecular formula is C19H31NO. The van der Waals surface area contributed by atoms with Crippen molar-refractivity contribution in [3.05, 3.63) is 28.8 Å². The number of benzene rings is 1. The van der Waals surface area contributed by atoms with Crippen molar-refractivity contribution in [2.24, 2.45) is 5.73 Å². The summed E-state index contributed by atoms with van der Waals surface area (Å²) in [6, 6.07) is 4.30. The van der Waals surface area contributed by atoms with Gasteiger partial charge in [0.15, 0.2) is 0 Å². The normalized spacial score (nSPS) is 19.0. The van der Waals surface area contributed by atoms with E-state index in [2.05, 4.69) is 53.7 Å². The molecule has 2 nitrogen and oxygen atoms in total. The van der Waals surface area contributed by atoms with Crippen molar-refractivity contribution in [2.45, 2.75) is 83.6 Å². The minimum Gasteiger partial charge on any atom is -0.507 e. The van der Waals surface area contributed by atoms with E-state index in [-0.39, 0.29) is 16.4 Å². The molecule has 1 aliphatic carbocycles. The lowest BCUT2D eigenvalue weighted by molar-refractivity contribution is 0.414. The second-order valence-corrected chi connectivity index (χ2v) is 8.78. The molecule has 1 saturated carbocycles. The highest BCUT2D eigenvalue weighted by Crippen LogP contribution is 2.44. The van der Waals surface area contributed by atoms with E-state index in [0.29, 0.717) is 5.75 Å². The molecule has 0 unspecified atom stereocenters. The van der Waals surface area contributed by atoms with Gasteiger partial charge >= 0.3 is 0 Å². The molecule has 21 heavy (non-hydrogen) atoms. The van der Waals surface area contributed by atoms with Crippen LogP contribution in [0.2, 0.25) is 0 Å². The van der Waals surface area contributed by atoms with Crippen LogP contribution in [0.5, 0.6) is 5.75 Å². The molecule has 0 aliphatic heterocycles. The molecule has 0 radical (unpaired) electrons. The Hall–Kier alpha value is -1.02. The maximum Gasteiger partial charge on any atom is 0.123 e. The van der Waals surface area contributed by atoms with Gasteiger partial charge < -0.3 is 10.8 Å². The van der Waals surface area contributed by atoms with Crippen molar-refractivity contribution < 1.29 is 5.11 Å². The molecule has 2 heteroatoms. The first-order valence-corrected chi connectivity index (χ1v) is 8.12. The lowest BCUT2D eigenvalue weighted by Crippen LogP contribution is -2.34. The summed E-state index contributed by atoms with van der Waals surface area (Å²) in [7, 11) is 0. The van der Waals surface area contributed by atoms with Crippen LogP contribution in [-0.4, -0.2) is 5.11 Å². The third-order valence-corrected chi connectivity index (χ3v) is 4.80. The Bertz CT molecular complexity index is 490. The summed E-state index contributed by atoms with van der Waals surface area (Å²) >= 11 is 0. The van der Waals surface area contributed by atoms with Gasteiger partial charge in [-0.2, -0.15) is 0 Å². The number of phenolic OH excluding ortho intramolecular Hbond substituents is 1. The molecule has 0 atom stereocenters. The van der Waals surface area contributed by atoms with Crippen LogP contribution in [0.4, 0.5) is 0 Å². The number of aromatic hydroxyl groups is 1. The van der Waals surface area contributed by atoms with Crippen LogP contribution < -0.4 is 5.73 Å². The Morgan fingerprint density at radius 3 is 1.62 bits per heavy atom. The first-order chi connectivity index (χ1) is 9.45. The minimum absolute atomic E-state index is 0.0882. The first-order valence-electron chi connectivity index (χ1n) is 8.12. The number of phenols is 1. The highest BCUT2D eigenvalue weighted by molar-refractivity contribution is 5.51. The van der Waals surface area contributed by atoms with Gasteiger partial charge in [0.2, 0.25) is 0 Å². The van der Waals surface area contributed by atoms with Gasteiger partial charge in [0, 0.05) is 5.54 Å². The summed E-state index contributed by atoms with van der Waals surface area (Å²) < 4.78 is 0. The fraction of sp³-hybridized carbons (Fsp3) is 0.684. The van der Waals surface area contributed by atoms with Crippen LogP contribution in [0.25, 0.3) is 0 Å². The summed E-state index contributed by atoms with van der Waals surface area (Å²) in [5.74, 6) is 0.445. The highest BCUT2D eigenvalue weighted by atomic mass is 16.3. The van der Waals surface area contributed by atoms with Crippen molar-refractivity contribution in [2.75, 3.05) is 0 Å². The van der Waals surface area contributed by atoms with E-state index in [9.17, 15) is 5.11 Å². The van der Waals surface area contributed by atoms with E-state index in [1.54, 1.807) is 0 Å². The molecule has 0 saturated heterocycles. The topological polar surface area (TPSA) is 46.2 Å². The molecule has 3 N–H and O–H groups in total. The fourth-order valence-electron chi connectivity index (χ4n) is 3.36. The smallest absolute Gasteiger partial charge is 0.123 e. The lowest BCUT2D eigenvalue weighted by Gasteiger charge is -2.32. The molecule has 0 amide bonds. The quantitative estimate of drug-likeness (QED) is 0.786. The molecular weight excluding hydrogens is 258 g/mol. The maximum atomic E-state index is 10.8. The van der Waals surface area contributed by atoms with Crippen LogP contribution >= 0.6 is 0 Å². The fourth-order valence-corrected chi connectivity index (χ4v) is 3.36. The van der Waals surface area contributed by atoms with E-state index in [4.69, 9.17) is 5.73 Å². The lowest BCUT2D eigenvalue weighted by atomic mass is 9.75. The standard InChI is InChI=1S/C19H31NO/c1-17(2,3)14-11-13(19(20)9-7-8-10-19)12-15(16(14)21)18(4,5)6/h11-12,21H,7-10,20H2,1-6H3. The van der Waals surface area contributed by atoms with E-state index < -0.39 is 0 Å². The van der Waals surface area contributed by atoms with Gasteiger partial charge in [0.05, 0.1) is 0 Å². The van der Waals surface area contributed by atoms with Crippen molar-refractivity contribution in [3.8, 4) is 5.75 Å². The zero-order valence-electron chi connectivity index (χ0n) is 14.5. The van der Waals surface area contributed by atoms with Crippen LogP contribution in [0.1, 0.15) is 83.9 Å². The van der Waals surface area contributed by atoms with Crippen LogP contribution in [0, 0.1) is 0 Å². The minimum atomic E-state index is -0.215. The second kappa shape index (κ2) is 5.01. The molecule has 1 fully saturated rings. The molecule has 0 spiro atoms. The molecule has 0 aromatic heterocycles. The average molecular weight is 289 g/mol. The van der Waals surface area contributed by atoms with Crippen molar-refractivity contribution in [1.82, 2.24) is 0 Å². The monoisotopic (exact) mass is 289 g/mol. The highest BCUT2D eigenvalue weighted by Gasteiger charge is 2.35. The van der Waals surface area contributed by atoms with E-state index in [1.807, 2.05) is 0 Å². The molecule has 0 bridgehead atoms. The van der Waals surface area contributed by atoms with Crippen LogP contribution in [0.15, 0.2) is 12.1 Å². The molecule has 2 rings (SSSR count). The summed E-state index contributed by atoms with van der Waals surface area (Å²) in [6.45, 7) is 12.9. The maximum absolute atomic E-state index is 10.8. The van der Waals surface area contributed by atoms with Gasteiger partial charge in [-0.25, -0.2) is 0 Å². The second-order valence-electron chi connectivity index (χ2n) is 8.78. The first kappa shape index (κ1) is 16.4. The van der Waals surface area contributed by atoms with Crippen molar-refractivity contribution in [1.29, 1.82) is 0 Å². The Kier molecular flexibility index (Phi) is 3.90. The third-order valence-electron chi connectivity index (χ3n) is 4.80. The van der Waals surface area contributed by atoms with E-state index in [1.165, 1.54) is 18.4 Å². The van der Waals surface area contributed by atoms with Gasteiger partial charge in [-0.3, -0.25) is 0 Å². The van der Waals surface area contributed by atoms with E-state index >= 15 is 0 Å². The van der Waals surface area contributed by atoms with Gasteiger partial charge in [0.25, 0.3) is 0 Å². The molecule has 1 aliphatic rings. The molecule has 1 aromatic carbocycles. The van der Waals surface area contributed by atoms with Gasteiger partial charge in [-0.1, -0.05) is 54.4 Å². The number of hydrogen-bond donors (Lipinski definition) is 2. The zero-order chi connectivity index (χ0) is 16.1. The summed E-state index contributed by atoms with van der Waals surface area (Å²) in [6.07, 6.45) is 4.50. The van der Waals surface area contributed by atoms with Gasteiger partial charge in [-0.15, -0.1) is 0 Å². The summed E-state index contributed by atoms with van der Waals surface area (Å²) in [5, 5.41) is 10.8. The average Bonchev–Trinajstić information content (AvgIpc) is 2.74. The Morgan fingerprint density at radius 1 is 0.905 bits per heavy atom. The Morgan fingerprint density at radius 2 is 1.29 bits per heavy atom.